The third-order valence-electron chi connectivity index (χ3n) is 4.19. The fourth-order valence-corrected chi connectivity index (χ4v) is 2.72. The van der Waals surface area contributed by atoms with E-state index in [2.05, 4.69) is 10.4 Å². The molecule has 2 N–H and O–H groups in total. The Morgan fingerprint density at radius 3 is 2.57 bits per heavy atom. The molecule has 0 radical (unpaired) electrons. The first-order valence-electron chi connectivity index (χ1n) is 7.38. The number of carboxylic acids is 1. The predicted molar refractivity (Wildman–Crippen MR) is 77.9 cm³/mol. The molecule has 1 aliphatic carbocycles. The highest BCUT2D eigenvalue weighted by Gasteiger charge is 2.33. The zero-order valence-electron chi connectivity index (χ0n) is 12.8. The number of nitrogens with one attached hydrogen (secondary N) is 1. The van der Waals surface area contributed by atoms with Gasteiger partial charge in [0.1, 0.15) is 0 Å². The molecule has 1 aromatic rings. The second-order valence-electron chi connectivity index (χ2n) is 5.88. The van der Waals surface area contributed by atoms with Crippen LogP contribution in [0.15, 0.2) is 0 Å². The molecule has 21 heavy (non-hydrogen) atoms. The predicted octanol–water partition coefficient (Wildman–Crippen LogP) is 1.34. The van der Waals surface area contributed by atoms with Gasteiger partial charge in [-0.05, 0) is 44.6 Å². The molecular formula is C15H23N3O3. The number of carbonyl (C=O) groups is 2. The maximum atomic E-state index is 12.0. The van der Waals surface area contributed by atoms with Gasteiger partial charge in [0.05, 0.1) is 12.1 Å². The van der Waals surface area contributed by atoms with Crippen LogP contribution in [0.4, 0.5) is 0 Å². The van der Waals surface area contributed by atoms with E-state index >= 15 is 0 Å². The fourth-order valence-electron chi connectivity index (χ4n) is 2.72. The van der Waals surface area contributed by atoms with Crippen LogP contribution in [-0.4, -0.2) is 32.8 Å². The number of hydrogen-bond acceptors (Lipinski definition) is 3. The van der Waals surface area contributed by atoms with Gasteiger partial charge in [0.25, 0.3) is 0 Å². The van der Waals surface area contributed by atoms with Crippen LogP contribution >= 0.6 is 0 Å². The smallest absolute Gasteiger partial charge is 0.305 e. The van der Waals surface area contributed by atoms with E-state index in [0.717, 1.165) is 29.8 Å². The molecule has 1 heterocycles. The molecule has 1 aliphatic rings. The SMILES string of the molecule is Cc1nn(C)c(C)c1CCC(=O)NC(CC(=O)O)C1CC1. The number of amides is 1. The maximum absolute atomic E-state index is 12.0. The largest absolute Gasteiger partial charge is 0.481 e. The van der Waals surface area contributed by atoms with Crippen molar-refractivity contribution in [1.82, 2.24) is 15.1 Å². The Hall–Kier alpha value is -1.85. The summed E-state index contributed by atoms with van der Waals surface area (Å²) in [7, 11) is 1.89. The van der Waals surface area contributed by atoms with Crippen LogP contribution in [0, 0.1) is 19.8 Å². The summed E-state index contributed by atoms with van der Waals surface area (Å²) in [5.41, 5.74) is 3.13. The molecule has 116 valence electrons. The van der Waals surface area contributed by atoms with Crippen LogP contribution in [0.1, 0.15) is 42.6 Å². The molecule has 0 bridgehead atoms. The maximum Gasteiger partial charge on any atom is 0.305 e. The van der Waals surface area contributed by atoms with E-state index in [-0.39, 0.29) is 18.4 Å². The number of hydrogen-bond donors (Lipinski definition) is 2. The van der Waals surface area contributed by atoms with E-state index in [1.165, 1.54) is 0 Å². The van der Waals surface area contributed by atoms with Crippen LogP contribution in [0.5, 0.6) is 0 Å². The normalized spacial score (nSPS) is 15.8. The van der Waals surface area contributed by atoms with E-state index in [0.29, 0.717) is 18.8 Å². The van der Waals surface area contributed by atoms with E-state index < -0.39 is 5.97 Å². The van der Waals surface area contributed by atoms with Crippen LogP contribution in [0.2, 0.25) is 0 Å². The average molecular weight is 293 g/mol. The zero-order valence-corrected chi connectivity index (χ0v) is 12.8. The second-order valence-corrected chi connectivity index (χ2v) is 5.88. The van der Waals surface area contributed by atoms with Crippen LogP contribution in [0.25, 0.3) is 0 Å². The molecule has 0 saturated heterocycles. The summed E-state index contributed by atoms with van der Waals surface area (Å²) in [6.45, 7) is 3.93. The first-order valence-corrected chi connectivity index (χ1v) is 7.38. The van der Waals surface area contributed by atoms with Crippen molar-refractivity contribution in [3.05, 3.63) is 17.0 Å². The molecule has 1 fully saturated rings. The average Bonchev–Trinajstić information content (AvgIpc) is 3.17. The van der Waals surface area contributed by atoms with Crippen LogP contribution < -0.4 is 5.32 Å². The third-order valence-corrected chi connectivity index (χ3v) is 4.19. The Kier molecular flexibility index (Phi) is 4.65. The summed E-state index contributed by atoms with van der Waals surface area (Å²) in [4.78, 5) is 22.9. The van der Waals surface area contributed by atoms with Gasteiger partial charge in [0.2, 0.25) is 5.91 Å². The van der Waals surface area contributed by atoms with Crippen molar-refractivity contribution in [2.24, 2.45) is 13.0 Å². The molecular weight excluding hydrogens is 270 g/mol. The Morgan fingerprint density at radius 2 is 2.10 bits per heavy atom. The lowest BCUT2D eigenvalue weighted by atomic mass is 10.1. The van der Waals surface area contributed by atoms with Gasteiger partial charge in [0, 0.05) is 25.2 Å². The van der Waals surface area contributed by atoms with Crippen molar-refractivity contribution in [3.8, 4) is 0 Å². The summed E-state index contributed by atoms with van der Waals surface area (Å²) in [6, 6.07) is -0.217. The monoisotopic (exact) mass is 293 g/mol. The lowest BCUT2D eigenvalue weighted by molar-refractivity contribution is -0.137. The van der Waals surface area contributed by atoms with Crippen molar-refractivity contribution in [1.29, 1.82) is 0 Å². The third kappa shape index (κ3) is 4.06. The van der Waals surface area contributed by atoms with E-state index in [4.69, 9.17) is 5.11 Å². The van der Waals surface area contributed by atoms with Gasteiger partial charge in [0.15, 0.2) is 0 Å². The molecule has 0 aliphatic heterocycles. The first-order chi connectivity index (χ1) is 9.88. The topological polar surface area (TPSA) is 84.2 Å². The van der Waals surface area contributed by atoms with Crippen molar-refractivity contribution in [3.63, 3.8) is 0 Å². The molecule has 1 aromatic heterocycles. The summed E-state index contributed by atoms with van der Waals surface area (Å²) in [5, 5.41) is 16.1. The van der Waals surface area contributed by atoms with Gasteiger partial charge in [-0.15, -0.1) is 0 Å². The Morgan fingerprint density at radius 1 is 1.43 bits per heavy atom. The Balaban J connectivity index is 1.87. The molecule has 1 saturated carbocycles. The Labute approximate surface area is 124 Å². The standard InChI is InChI=1S/C15H23N3O3/c1-9-12(10(2)18(3)17-9)6-7-14(19)16-13(8-15(20)21)11-4-5-11/h11,13H,4-8H2,1-3H3,(H,16,19)(H,20,21). The lowest BCUT2D eigenvalue weighted by Crippen LogP contribution is -2.38. The van der Waals surface area contributed by atoms with E-state index in [9.17, 15) is 9.59 Å². The van der Waals surface area contributed by atoms with Crippen molar-refractivity contribution in [2.75, 3.05) is 0 Å². The fraction of sp³-hybridized carbons (Fsp3) is 0.667. The molecule has 6 heteroatoms. The van der Waals surface area contributed by atoms with Crippen molar-refractivity contribution < 1.29 is 14.7 Å². The number of aryl methyl sites for hydroxylation is 2. The van der Waals surface area contributed by atoms with Gasteiger partial charge in [-0.1, -0.05) is 0 Å². The van der Waals surface area contributed by atoms with Crippen molar-refractivity contribution in [2.45, 2.75) is 52.0 Å². The number of aromatic nitrogens is 2. The Bertz CT molecular complexity index is 547. The highest BCUT2D eigenvalue weighted by atomic mass is 16.4. The van der Waals surface area contributed by atoms with Gasteiger partial charge >= 0.3 is 5.97 Å². The molecule has 6 nitrogen and oxygen atoms in total. The molecule has 0 spiro atoms. The summed E-state index contributed by atoms with van der Waals surface area (Å²) in [5.74, 6) is -0.589. The summed E-state index contributed by atoms with van der Waals surface area (Å²) < 4.78 is 1.82. The number of aliphatic carboxylic acids is 1. The minimum atomic E-state index is -0.855. The van der Waals surface area contributed by atoms with Gasteiger partial charge in [-0.3, -0.25) is 14.3 Å². The number of carbonyl (C=O) groups excluding carboxylic acids is 1. The highest BCUT2D eigenvalue weighted by Crippen LogP contribution is 2.34. The van der Waals surface area contributed by atoms with Crippen molar-refractivity contribution >= 4 is 11.9 Å². The van der Waals surface area contributed by atoms with E-state index in [1.54, 1.807) is 0 Å². The molecule has 1 unspecified atom stereocenters. The second kappa shape index (κ2) is 6.28. The number of rotatable bonds is 7. The quantitative estimate of drug-likeness (QED) is 0.794. The highest BCUT2D eigenvalue weighted by molar-refractivity contribution is 5.77. The van der Waals surface area contributed by atoms with E-state index in [1.807, 2.05) is 25.6 Å². The van der Waals surface area contributed by atoms with Crippen LogP contribution in [-0.2, 0) is 23.1 Å². The molecule has 0 aromatic carbocycles. The summed E-state index contributed by atoms with van der Waals surface area (Å²) >= 11 is 0. The zero-order chi connectivity index (χ0) is 15.6. The molecule has 1 atom stereocenters. The summed E-state index contributed by atoms with van der Waals surface area (Å²) in [6.07, 6.45) is 3.05. The number of carboxylic acid groups (broad SMARTS) is 1. The van der Waals surface area contributed by atoms with Gasteiger partial charge in [-0.2, -0.15) is 5.10 Å². The molecule has 2 rings (SSSR count). The molecule has 1 amide bonds. The minimum absolute atomic E-state index is 0.0152. The van der Waals surface area contributed by atoms with Crippen LogP contribution in [0.3, 0.4) is 0 Å². The van der Waals surface area contributed by atoms with Gasteiger partial charge < -0.3 is 10.4 Å². The lowest BCUT2D eigenvalue weighted by Gasteiger charge is -2.16. The van der Waals surface area contributed by atoms with Gasteiger partial charge in [-0.25, -0.2) is 0 Å². The number of nitrogens with zero attached hydrogens (tertiary/aromatic N) is 2. The minimum Gasteiger partial charge on any atom is -0.481 e. The first kappa shape index (κ1) is 15.5.